The molecule has 0 saturated carbocycles. The van der Waals surface area contributed by atoms with Gasteiger partial charge in [0.15, 0.2) is 0 Å². The second-order valence-electron chi connectivity index (χ2n) is 15.1. The largest absolute Gasteiger partial charge is 0.416 e. The smallest absolute Gasteiger partial charge is 0.286 e. The number of rotatable bonds is 15. The molecule has 2 unspecified atom stereocenters. The average Bonchev–Trinajstić information content (AvgIpc) is 3.21. The fourth-order valence-corrected chi connectivity index (χ4v) is 7.19. The summed E-state index contributed by atoms with van der Waals surface area (Å²) in [5.74, 6) is 26.4. The topological polar surface area (TPSA) is 9.72 Å². The number of piperidine rings is 2. The molecule has 308 valence electrons. The van der Waals surface area contributed by atoms with Crippen LogP contribution in [0.15, 0.2) is 48.5 Å². The molecule has 2 aliphatic heterocycles. The van der Waals surface area contributed by atoms with Gasteiger partial charge in [-0.25, -0.2) is 0 Å². The zero-order valence-corrected chi connectivity index (χ0v) is 33.6. The first-order chi connectivity index (χ1) is 27.6. The zero-order chi connectivity index (χ0) is 40.8. The Bertz CT molecular complexity index is 1620. The van der Waals surface area contributed by atoms with Crippen molar-refractivity contribution >= 4 is 0 Å². The first-order valence-electron chi connectivity index (χ1n) is 21.0. The molecule has 2 fully saturated rings. The lowest BCUT2D eigenvalue weighted by molar-refractivity contribution is -0.138. The first kappa shape index (κ1) is 45.8. The monoisotopic (exact) mass is 791 g/mol. The van der Waals surface area contributed by atoms with Crippen LogP contribution in [0, 0.1) is 47.4 Å². The second-order valence-corrected chi connectivity index (χ2v) is 15.1. The van der Waals surface area contributed by atoms with Gasteiger partial charge in [-0.3, -0.25) is 14.7 Å². The summed E-state index contributed by atoms with van der Waals surface area (Å²) in [7, 11) is 0. The lowest BCUT2D eigenvalue weighted by atomic mass is 9.99. The Hall–Kier alpha value is -3.86. The standard InChI is InChI=1S/C48H59F6N3/c1-2-3-32-55(33-18-12-8-4-6-10-16-30-45(56-35-20-14-21-36-56)41-26-24-28-43(39-41)47(49,50)51)34-19-13-9-5-7-11-17-31-46(57-37-22-15-23-38-57)42-27-25-29-44(40-42)48(52,53)54/h24-29,39-40,45-46H,2-11,14-15,20-23,32-38H2,1H3. The van der Waals surface area contributed by atoms with Crippen LogP contribution < -0.4 is 0 Å². The van der Waals surface area contributed by atoms with Crippen molar-refractivity contribution in [1.82, 2.24) is 14.7 Å². The third-order valence-electron chi connectivity index (χ3n) is 10.4. The van der Waals surface area contributed by atoms with Crippen molar-refractivity contribution < 1.29 is 26.3 Å². The van der Waals surface area contributed by atoms with E-state index in [1.54, 1.807) is 12.1 Å². The van der Waals surface area contributed by atoms with Crippen LogP contribution in [0.1, 0.15) is 144 Å². The second kappa shape index (κ2) is 24.8. The van der Waals surface area contributed by atoms with E-state index in [0.29, 0.717) is 37.1 Å². The van der Waals surface area contributed by atoms with Crippen LogP contribution in [-0.4, -0.2) is 60.5 Å². The molecule has 0 amide bonds. The van der Waals surface area contributed by atoms with Crippen LogP contribution >= 0.6 is 0 Å². The molecule has 0 radical (unpaired) electrons. The van der Waals surface area contributed by atoms with Crippen molar-refractivity contribution in [2.75, 3.05) is 45.8 Å². The highest BCUT2D eigenvalue weighted by Crippen LogP contribution is 2.34. The summed E-state index contributed by atoms with van der Waals surface area (Å²) in [4.78, 5) is 6.71. The predicted molar refractivity (Wildman–Crippen MR) is 219 cm³/mol. The van der Waals surface area contributed by atoms with Crippen molar-refractivity contribution in [3.05, 3.63) is 70.8 Å². The Labute approximate surface area is 338 Å². The van der Waals surface area contributed by atoms with Gasteiger partial charge in [-0.15, -0.1) is 23.7 Å². The number of unbranched alkanes of at least 4 members (excludes halogenated alkanes) is 7. The van der Waals surface area contributed by atoms with Crippen LogP contribution in [0.4, 0.5) is 26.3 Å². The first-order valence-corrected chi connectivity index (χ1v) is 21.0. The lowest BCUT2D eigenvalue weighted by Crippen LogP contribution is -2.33. The number of hydrogen-bond acceptors (Lipinski definition) is 3. The summed E-state index contributed by atoms with van der Waals surface area (Å²) in [5, 5.41) is 0. The number of halogens is 6. The fourth-order valence-electron chi connectivity index (χ4n) is 7.19. The van der Waals surface area contributed by atoms with Crippen LogP contribution in [0.25, 0.3) is 0 Å². The van der Waals surface area contributed by atoms with Crippen LogP contribution in [0.5, 0.6) is 0 Å². The highest BCUT2D eigenvalue weighted by atomic mass is 19.4. The third-order valence-corrected chi connectivity index (χ3v) is 10.4. The molecular weight excluding hydrogens is 733 g/mol. The maximum absolute atomic E-state index is 13.4. The van der Waals surface area contributed by atoms with Gasteiger partial charge in [-0.1, -0.05) is 74.1 Å². The highest BCUT2D eigenvalue weighted by Gasteiger charge is 2.33. The van der Waals surface area contributed by atoms with E-state index in [2.05, 4.69) is 69.0 Å². The van der Waals surface area contributed by atoms with E-state index in [9.17, 15) is 26.3 Å². The number of likely N-dealkylation sites (tertiary alicyclic amines) is 2. The Morgan fingerprint density at radius 1 is 0.544 bits per heavy atom. The minimum atomic E-state index is -4.38. The van der Waals surface area contributed by atoms with E-state index in [1.807, 2.05) is 0 Å². The molecule has 2 heterocycles. The van der Waals surface area contributed by atoms with Crippen molar-refractivity contribution in [2.45, 2.75) is 134 Å². The van der Waals surface area contributed by atoms with E-state index in [-0.39, 0.29) is 12.1 Å². The Morgan fingerprint density at radius 3 is 1.33 bits per heavy atom. The molecular formula is C48H59F6N3. The van der Waals surface area contributed by atoms with Crippen LogP contribution in [0.3, 0.4) is 0 Å². The summed E-state index contributed by atoms with van der Waals surface area (Å²) < 4.78 is 80.4. The minimum absolute atomic E-state index is 0.324. The van der Waals surface area contributed by atoms with E-state index in [4.69, 9.17) is 0 Å². The SMILES string of the molecule is CCCCN(CC#CCCCCC#CC(c1cccc(C(F)(F)F)c1)N1CCCCC1)CC#CCCCCC#CC(c1cccc(C(F)(F)F)c1)N1CCCCC1. The summed E-state index contributed by atoms with van der Waals surface area (Å²) in [5.41, 5.74) is -0.0297. The Kier molecular flexibility index (Phi) is 19.9. The molecule has 9 heteroatoms. The highest BCUT2D eigenvalue weighted by molar-refractivity contribution is 5.34. The average molecular weight is 792 g/mol. The molecule has 2 aromatic carbocycles. The van der Waals surface area contributed by atoms with Crippen LogP contribution in [-0.2, 0) is 12.4 Å². The summed E-state index contributed by atoms with van der Waals surface area (Å²) in [6.07, 6.45) is 6.41. The zero-order valence-electron chi connectivity index (χ0n) is 33.6. The van der Waals surface area contributed by atoms with Crippen molar-refractivity contribution in [3.8, 4) is 47.4 Å². The number of benzene rings is 2. The van der Waals surface area contributed by atoms with Gasteiger partial charge in [0.05, 0.1) is 36.3 Å². The summed E-state index contributed by atoms with van der Waals surface area (Å²) >= 11 is 0. The fraction of sp³-hybridized carbons (Fsp3) is 0.583. The van der Waals surface area contributed by atoms with Gasteiger partial charge in [0, 0.05) is 32.2 Å². The summed E-state index contributed by atoms with van der Waals surface area (Å²) in [6.45, 7) is 7.84. The predicted octanol–water partition coefficient (Wildman–Crippen LogP) is 11.7. The molecule has 0 spiro atoms. The van der Waals surface area contributed by atoms with Gasteiger partial charge < -0.3 is 0 Å². The molecule has 4 rings (SSSR count). The Balaban J connectivity index is 1.18. The van der Waals surface area contributed by atoms with Crippen LogP contribution in [0.2, 0.25) is 0 Å². The van der Waals surface area contributed by atoms with Crippen molar-refractivity contribution in [2.24, 2.45) is 0 Å². The normalized spacial score (nSPS) is 16.2. The molecule has 0 aromatic heterocycles. The molecule has 3 nitrogen and oxygen atoms in total. The van der Waals surface area contributed by atoms with E-state index in [1.165, 1.54) is 24.3 Å². The lowest BCUT2D eigenvalue weighted by Gasteiger charge is -2.32. The number of hydrogen-bond donors (Lipinski definition) is 0. The maximum atomic E-state index is 13.4. The maximum Gasteiger partial charge on any atom is 0.416 e. The van der Waals surface area contributed by atoms with Gasteiger partial charge >= 0.3 is 12.4 Å². The number of alkyl halides is 6. The Morgan fingerprint density at radius 2 is 0.947 bits per heavy atom. The molecule has 2 atom stereocenters. The van der Waals surface area contributed by atoms with Gasteiger partial charge in [-0.05, 0) is 119 Å². The van der Waals surface area contributed by atoms with E-state index >= 15 is 0 Å². The van der Waals surface area contributed by atoms with Crippen molar-refractivity contribution in [3.63, 3.8) is 0 Å². The van der Waals surface area contributed by atoms with Gasteiger partial charge in [-0.2, -0.15) is 26.3 Å². The third kappa shape index (κ3) is 16.9. The molecule has 0 aliphatic carbocycles. The molecule has 2 saturated heterocycles. The van der Waals surface area contributed by atoms with E-state index in [0.717, 1.165) is 135 Å². The van der Waals surface area contributed by atoms with Gasteiger partial charge in [0.2, 0.25) is 0 Å². The summed E-state index contributed by atoms with van der Waals surface area (Å²) in [6, 6.07) is 10.6. The molecule has 2 aromatic rings. The molecule has 57 heavy (non-hydrogen) atoms. The number of nitrogens with zero attached hydrogens (tertiary/aromatic N) is 3. The molecule has 0 N–H and O–H groups in total. The van der Waals surface area contributed by atoms with Crippen molar-refractivity contribution in [1.29, 1.82) is 0 Å². The van der Waals surface area contributed by atoms with E-state index < -0.39 is 23.5 Å². The van der Waals surface area contributed by atoms with Gasteiger partial charge in [0.25, 0.3) is 0 Å². The molecule has 0 bridgehead atoms. The van der Waals surface area contributed by atoms with Gasteiger partial charge in [0.1, 0.15) is 0 Å². The molecule has 2 aliphatic rings. The minimum Gasteiger partial charge on any atom is -0.286 e. The quantitative estimate of drug-likeness (QED) is 0.101.